The monoisotopic (exact) mass is 290 g/mol. The summed E-state index contributed by atoms with van der Waals surface area (Å²) >= 11 is 5.34. The highest BCUT2D eigenvalue weighted by atomic mass is 35.5. The third-order valence-electron chi connectivity index (χ3n) is 1.88. The lowest BCUT2D eigenvalue weighted by atomic mass is 10.2. The number of amidine groups is 1. The summed E-state index contributed by atoms with van der Waals surface area (Å²) in [6.45, 7) is 2.09. The first kappa shape index (κ1) is 17.1. The molecule has 0 spiro atoms. The van der Waals surface area contributed by atoms with Gasteiger partial charge in [-0.1, -0.05) is 43.5 Å². The Hall–Kier alpha value is -0.940. The van der Waals surface area contributed by atoms with Gasteiger partial charge in [0.1, 0.15) is 0 Å². The topological polar surface area (TPSA) is 58.9 Å². The van der Waals surface area contributed by atoms with Crippen LogP contribution in [0.25, 0.3) is 0 Å². The van der Waals surface area contributed by atoms with Crippen LogP contribution >= 0.6 is 11.6 Å². The van der Waals surface area contributed by atoms with Crippen LogP contribution in [0.5, 0.6) is 0 Å². The number of hydrogen-bond donors (Lipinski definition) is 0. The quantitative estimate of drug-likeness (QED) is 0.428. The molecule has 0 aromatic carbocycles. The van der Waals surface area contributed by atoms with Crippen molar-refractivity contribution in [1.29, 1.82) is 0 Å². The minimum absolute atomic E-state index is 0.182. The summed E-state index contributed by atoms with van der Waals surface area (Å²) in [6.07, 6.45) is 11.0. The molecule has 0 radical (unpaired) electrons. The summed E-state index contributed by atoms with van der Waals surface area (Å²) in [5.41, 5.74) is 1.36. The Kier molecular flexibility index (Phi) is 9.50. The average Bonchev–Trinajstić information content (AvgIpc) is 2.30. The minimum Gasteiger partial charge on any atom is -0.231 e. The maximum absolute atomic E-state index is 11.4. The van der Waals surface area contributed by atoms with Crippen LogP contribution < -0.4 is 0 Å². The molecule has 102 valence electrons. The van der Waals surface area contributed by atoms with Crippen molar-refractivity contribution in [2.75, 3.05) is 6.26 Å². The number of nitrogens with zero attached hydrogens (tertiary/aromatic N) is 2. The molecule has 0 aliphatic carbocycles. The standard InChI is InChI=1S/C12H19ClN2O2S/c1-3-4-5-7-10-14-12(18(2,16)17)15-11-8-6-9-13/h6-7,9-11H,3-5,8H2,1-2H3/b9-6+,10-7+,14-12?,15-11?. The van der Waals surface area contributed by atoms with E-state index in [0.717, 1.165) is 25.5 Å². The molecule has 0 bridgehead atoms. The van der Waals surface area contributed by atoms with Crippen molar-refractivity contribution in [3.8, 4) is 0 Å². The fourth-order valence-corrected chi connectivity index (χ4v) is 1.60. The Balaban J connectivity index is 4.64. The lowest BCUT2D eigenvalue weighted by molar-refractivity contribution is 0.612. The van der Waals surface area contributed by atoms with Crippen molar-refractivity contribution in [1.82, 2.24) is 0 Å². The van der Waals surface area contributed by atoms with Gasteiger partial charge in [-0.05, 0) is 6.42 Å². The first-order valence-electron chi connectivity index (χ1n) is 5.73. The highest BCUT2D eigenvalue weighted by Gasteiger charge is 2.09. The van der Waals surface area contributed by atoms with E-state index in [-0.39, 0.29) is 5.17 Å². The van der Waals surface area contributed by atoms with E-state index >= 15 is 0 Å². The number of rotatable bonds is 6. The molecule has 0 saturated carbocycles. The van der Waals surface area contributed by atoms with Crippen molar-refractivity contribution in [3.05, 3.63) is 23.9 Å². The summed E-state index contributed by atoms with van der Waals surface area (Å²) in [6, 6.07) is 0. The molecule has 0 amide bonds. The Labute approximate surface area is 114 Å². The van der Waals surface area contributed by atoms with Gasteiger partial charge >= 0.3 is 0 Å². The Bertz CT molecular complexity index is 437. The molecule has 0 saturated heterocycles. The molecule has 0 aliphatic rings. The van der Waals surface area contributed by atoms with Crippen LogP contribution in [0, 0.1) is 0 Å². The second-order valence-electron chi connectivity index (χ2n) is 3.62. The maximum atomic E-state index is 11.4. The SMILES string of the molecule is CCCC/C=C/N=C(N=CC/C=C/Cl)S(C)(=O)=O. The van der Waals surface area contributed by atoms with Crippen LogP contribution in [0.4, 0.5) is 0 Å². The number of allylic oxidation sites excluding steroid dienone is 2. The number of halogens is 1. The summed E-state index contributed by atoms with van der Waals surface area (Å²) < 4.78 is 22.8. The normalized spacial score (nSPS) is 14.3. The van der Waals surface area contributed by atoms with Gasteiger partial charge in [0.05, 0.1) is 0 Å². The van der Waals surface area contributed by atoms with Crippen LogP contribution in [-0.2, 0) is 9.84 Å². The van der Waals surface area contributed by atoms with E-state index in [1.807, 2.05) is 6.08 Å². The van der Waals surface area contributed by atoms with E-state index in [9.17, 15) is 8.42 Å². The third-order valence-corrected chi connectivity index (χ3v) is 2.93. The first-order chi connectivity index (χ1) is 8.52. The van der Waals surface area contributed by atoms with E-state index in [0.29, 0.717) is 6.42 Å². The fourth-order valence-electron chi connectivity index (χ4n) is 0.981. The number of hydrogen-bond acceptors (Lipinski definition) is 3. The zero-order valence-electron chi connectivity index (χ0n) is 10.7. The molecule has 0 atom stereocenters. The molecule has 0 N–H and O–H groups in total. The Morgan fingerprint density at radius 2 is 2.06 bits per heavy atom. The number of sulfone groups is 1. The largest absolute Gasteiger partial charge is 0.246 e. The predicted octanol–water partition coefficient (Wildman–Crippen LogP) is 3.30. The van der Waals surface area contributed by atoms with Crippen LogP contribution in [0.2, 0.25) is 0 Å². The maximum Gasteiger partial charge on any atom is 0.246 e. The molecule has 0 aliphatic heterocycles. The molecule has 0 aromatic rings. The van der Waals surface area contributed by atoms with Gasteiger partial charge in [-0.25, -0.2) is 18.4 Å². The van der Waals surface area contributed by atoms with Gasteiger partial charge in [0.25, 0.3) is 0 Å². The van der Waals surface area contributed by atoms with E-state index in [4.69, 9.17) is 11.6 Å². The zero-order valence-corrected chi connectivity index (χ0v) is 12.3. The summed E-state index contributed by atoms with van der Waals surface area (Å²) in [7, 11) is -3.40. The highest BCUT2D eigenvalue weighted by molar-refractivity contribution is 8.05. The average molecular weight is 291 g/mol. The smallest absolute Gasteiger partial charge is 0.231 e. The van der Waals surface area contributed by atoms with Crippen LogP contribution in [0.1, 0.15) is 32.6 Å². The minimum atomic E-state index is -3.40. The molecule has 0 aromatic heterocycles. The number of unbranched alkanes of at least 4 members (excludes halogenated alkanes) is 2. The van der Waals surface area contributed by atoms with Crippen LogP contribution in [0.15, 0.2) is 33.9 Å². The Morgan fingerprint density at radius 3 is 2.61 bits per heavy atom. The molecule has 0 unspecified atom stereocenters. The number of aliphatic imine (C=N–C) groups is 2. The third kappa shape index (κ3) is 9.13. The molecular weight excluding hydrogens is 272 g/mol. The molecule has 6 heteroatoms. The molecule has 0 rings (SSSR count). The van der Waals surface area contributed by atoms with Crippen molar-refractivity contribution >= 4 is 32.8 Å². The lowest BCUT2D eigenvalue weighted by Gasteiger charge is -1.95. The lowest BCUT2D eigenvalue weighted by Crippen LogP contribution is -2.09. The van der Waals surface area contributed by atoms with Crippen LogP contribution in [-0.4, -0.2) is 26.1 Å². The van der Waals surface area contributed by atoms with E-state index in [2.05, 4.69) is 16.9 Å². The summed E-state index contributed by atoms with van der Waals surface area (Å²) in [4.78, 5) is 7.68. The van der Waals surface area contributed by atoms with E-state index < -0.39 is 9.84 Å². The second kappa shape index (κ2) is 10.0. The summed E-state index contributed by atoms with van der Waals surface area (Å²) in [5, 5.41) is -0.182. The Morgan fingerprint density at radius 1 is 1.33 bits per heavy atom. The van der Waals surface area contributed by atoms with Crippen molar-refractivity contribution in [2.45, 2.75) is 32.6 Å². The molecule has 18 heavy (non-hydrogen) atoms. The van der Waals surface area contributed by atoms with Gasteiger partial charge in [-0.2, -0.15) is 0 Å². The predicted molar refractivity (Wildman–Crippen MR) is 79.0 cm³/mol. The summed E-state index contributed by atoms with van der Waals surface area (Å²) in [5.74, 6) is 0. The molecule has 0 heterocycles. The first-order valence-corrected chi connectivity index (χ1v) is 8.05. The van der Waals surface area contributed by atoms with Crippen molar-refractivity contribution in [2.24, 2.45) is 9.98 Å². The second-order valence-corrected chi connectivity index (χ2v) is 5.78. The van der Waals surface area contributed by atoms with Gasteiger partial charge in [0.2, 0.25) is 15.0 Å². The molecular formula is C12H19ClN2O2S. The van der Waals surface area contributed by atoms with Gasteiger partial charge in [0, 0.05) is 30.6 Å². The molecule has 0 fully saturated rings. The molecule has 4 nitrogen and oxygen atoms in total. The zero-order chi connectivity index (χ0) is 13.9. The van der Waals surface area contributed by atoms with Gasteiger partial charge in [-0.15, -0.1) is 0 Å². The van der Waals surface area contributed by atoms with Gasteiger partial charge in [-0.3, -0.25) is 0 Å². The van der Waals surface area contributed by atoms with Gasteiger partial charge in [0.15, 0.2) is 0 Å². The van der Waals surface area contributed by atoms with Crippen molar-refractivity contribution in [3.63, 3.8) is 0 Å². The van der Waals surface area contributed by atoms with E-state index in [1.54, 1.807) is 6.08 Å². The van der Waals surface area contributed by atoms with Gasteiger partial charge < -0.3 is 0 Å². The van der Waals surface area contributed by atoms with Crippen molar-refractivity contribution < 1.29 is 8.42 Å². The fraction of sp³-hybridized carbons (Fsp3) is 0.500. The van der Waals surface area contributed by atoms with E-state index in [1.165, 1.54) is 17.9 Å². The van der Waals surface area contributed by atoms with Crippen LogP contribution in [0.3, 0.4) is 0 Å². The highest BCUT2D eigenvalue weighted by Crippen LogP contribution is 1.98.